The number of hydrogen-bond acceptors (Lipinski definition) is 5. The number of para-hydroxylation sites is 1. The van der Waals surface area contributed by atoms with Crippen molar-refractivity contribution in [3.05, 3.63) is 75.6 Å². The standard InChI is InChI=1S/C19H18N4O4/c1-12-18(13(2)22(21-12)15-7-5-4-6-8-15)19(24)20-14-9-16(23(25)26)11-17(10-14)27-3/h4-11H,1-3H3,(H,20,24). The molecule has 0 radical (unpaired) electrons. The van der Waals surface area contributed by atoms with Gasteiger partial charge in [0.05, 0.1) is 46.4 Å². The first-order valence-corrected chi connectivity index (χ1v) is 8.17. The van der Waals surface area contributed by atoms with Crippen molar-refractivity contribution in [2.24, 2.45) is 0 Å². The second-order valence-electron chi connectivity index (χ2n) is 5.92. The minimum atomic E-state index is -0.540. The van der Waals surface area contributed by atoms with E-state index in [1.165, 1.54) is 25.3 Å². The zero-order valence-corrected chi connectivity index (χ0v) is 15.1. The molecule has 1 amide bonds. The molecule has 0 unspecified atom stereocenters. The van der Waals surface area contributed by atoms with Crippen LogP contribution >= 0.6 is 0 Å². The number of aryl methyl sites for hydroxylation is 1. The average molecular weight is 366 g/mol. The SMILES string of the molecule is COc1cc(NC(=O)c2c(C)nn(-c3ccccc3)c2C)cc([N+](=O)[O-])c1. The number of amides is 1. The van der Waals surface area contributed by atoms with Crippen molar-refractivity contribution >= 4 is 17.3 Å². The van der Waals surface area contributed by atoms with E-state index in [0.29, 0.717) is 17.0 Å². The Morgan fingerprint density at radius 2 is 1.89 bits per heavy atom. The maximum Gasteiger partial charge on any atom is 0.275 e. The van der Waals surface area contributed by atoms with Gasteiger partial charge in [-0.25, -0.2) is 4.68 Å². The monoisotopic (exact) mass is 366 g/mol. The number of nitro benzene ring substituents is 1. The van der Waals surface area contributed by atoms with E-state index in [1.807, 2.05) is 30.3 Å². The van der Waals surface area contributed by atoms with Crippen LogP contribution in [0.5, 0.6) is 5.75 Å². The van der Waals surface area contributed by atoms with Gasteiger partial charge in [0, 0.05) is 12.1 Å². The summed E-state index contributed by atoms with van der Waals surface area (Å²) in [6.07, 6.45) is 0. The van der Waals surface area contributed by atoms with Gasteiger partial charge in [0.25, 0.3) is 11.6 Å². The third kappa shape index (κ3) is 3.64. The lowest BCUT2D eigenvalue weighted by atomic mass is 10.1. The van der Waals surface area contributed by atoms with E-state index in [2.05, 4.69) is 10.4 Å². The number of hydrogen-bond donors (Lipinski definition) is 1. The third-order valence-electron chi connectivity index (χ3n) is 4.11. The zero-order valence-electron chi connectivity index (χ0n) is 15.1. The normalized spacial score (nSPS) is 10.5. The maximum absolute atomic E-state index is 12.8. The number of carbonyl (C=O) groups is 1. The molecule has 0 saturated carbocycles. The summed E-state index contributed by atoms with van der Waals surface area (Å²) in [5, 5.41) is 18.2. The Morgan fingerprint density at radius 1 is 1.19 bits per heavy atom. The molecular formula is C19H18N4O4. The van der Waals surface area contributed by atoms with Gasteiger partial charge in [0.1, 0.15) is 5.75 Å². The van der Waals surface area contributed by atoms with E-state index in [0.717, 1.165) is 5.69 Å². The molecule has 0 saturated heterocycles. The summed E-state index contributed by atoms with van der Waals surface area (Å²) in [4.78, 5) is 23.3. The summed E-state index contributed by atoms with van der Waals surface area (Å²) >= 11 is 0. The van der Waals surface area contributed by atoms with E-state index < -0.39 is 10.8 Å². The van der Waals surface area contributed by atoms with Gasteiger partial charge in [-0.3, -0.25) is 14.9 Å². The largest absolute Gasteiger partial charge is 0.496 e. The quantitative estimate of drug-likeness (QED) is 0.549. The number of methoxy groups -OCH3 is 1. The van der Waals surface area contributed by atoms with Crippen molar-refractivity contribution in [3.63, 3.8) is 0 Å². The number of benzene rings is 2. The smallest absolute Gasteiger partial charge is 0.275 e. The summed E-state index contributed by atoms with van der Waals surface area (Å²) in [5.74, 6) is -0.109. The van der Waals surface area contributed by atoms with Crippen LogP contribution in [0.15, 0.2) is 48.5 Å². The van der Waals surface area contributed by atoms with Gasteiger partial charge in [-0.1, -0.05) is 18.2 Å². The lowest BCUT2D eigenvalue weighted by Gasteiger charge is -2.08. The van der Waals surface area contributed by atoms with Crippen LogP contribution < -0.4 is 10.1 Å². The van der Waals surface area contributed by atoms with Crippen LogP contribution in [-0.2, 0) is 0 Å². The zero-order chi connectivity index (χ0) is 19.6. The minimum absolute atomic E-state index is 0.168. The summed E-state index contributed by atoms with van der Waals surface area (Å²) in [6, 6.07) is 13.6. The highest BCUT2D eigenvalue weighted by atomic mass is 16.6. The van der Waals surface area contributed by atoms with Crippen LogP contribution in [0, 0.1) is 24.0 Å². The Bertz CT molecular complexity index is 1010. The number of carbonyl (C=O) groups excluding carboxylic acids is 1. The molecule has 1 heterocycles. The van der Waals surface area contributed by atoms with Gasteiger partial charge >= 0.3 is 0 Å². The van der Waals surface area contributed by atoms with Crippen LogP contribution in [0.1, 0.15) is 21.7 Å². The minimum Gasteiger partial charge on any atom is -0.496 e. The average Bonchev–Trinajstić information content (AvgIpc) is 2.96. The maximum atomic E-state index is 12.8. The van der Waals surface area contributed by atoms with Crippen LogP contribution in [0.4, 0.5) is 11.4 Å². The lowest BCUT2D eigenvalue weighted by molar-refractivity contribution is -0.384. The molecule has 3 aromatic rings. The van der Waals surface area contributed by atoms with Crippen LogP contribution in [-0.4, -0.2) is 27.7 Å². The van der Waals surface area contributed by atoms with Crippen molar-refractivity contribution in [1.82, 2.24) is 9.78 Å². The Morgan fingerprint density at radius 3 is 2.52 bits per heavy atom. The molecule has 0 aliphatic carbocycles. The third-order valence-corrected chi connectivity index (χ3v) is 4.11. The van der Waals surface area contributed by atoms with E-state index in [-0.39, 0.29) is 17.1 Å². The Labute approximate surface area is 155 Å². The Kier molecular flexibility index (Phi) is 4.89. The topological polar surface area (TPSA) is 99.3 Å². The van der Waals surface area contributed by atoms with E-state index in [4.69, 9.17) is 4.74 Å². The first-order valence-electron chi connectivity index (χ1n) is 8.17. The fraction of sp³-hybridized carbons (Fsp3) is 0.158. The van der Waals surface area contributed by atoms with Gasteiger partial charge in [0.15, 0.2) is 0 Å². The molecule has 2 aromatic carbocycles. The molecule has 8 nitrogen and oxygen atoms in total. The Hall–Kier alpha value is -3.68. The molecule has 3 rings (SSSR count). The molecule has 0 bridgehead atoms. The van der Waals surface area contributed by atoms with Gasteiger partial charge in [-0.05, 0) is 26.0 Å². The van der Waals surface area contributed by atoms with Gasteiger partial charge in [-0.2, -0.15) is 5.10 Å². The van der Waals surface area contributed by atoms with Crippen LogP contribution in [0.2, 0.25) is 0 Å². The number of aromatic nitrogens is 2. The van der Waals surface area contributed by atoms with Crippen LogP contribution in [0.3, 0.4) is 0 Å². The highest BCUT2D eigenvalue weighted by Gasteiger charge is 2.20. The molecule has 0 aliphatic rings. The second kappa shape index (κ2) is 7.28. The van der Waals surface area contributed by atoms with Crippen molar-refractivity contribution in [2.75, 3.05) is 12.4 Å². The highest BCUT2D eigenvalue weighted by Crippen LogP contribution is 2.27. The fourth-order valence-electron chi connectivity index (χ4n) is 2.86. The van der Waals surface area contributed by atoms with Crippen molar-refractivity contribution < 1.29 is 14.5 Å². The number of nitrogens with one attached hydrogen (secondary N) is 1. The highest BCUT2D eigenvalue weighted by molar-refractivity contribution is 6.06. The van der Waals surface area contributed by atoms with Gasteiger partial charge in [-0.15, -0.1) is 0 Å². The molecule has 1 N–H and O–H groups in total. The summed E-state index contributed by atoms with van der Waals surface area (Å²) in [5.41, 5.74) is 2.61. The van der Waals surface area contributed by atoms with E-state index >= 15 is 0 Å². The lowest BCUT2D eigenvalue weighted by Crippen LogP contribution is -2.14. The number of nitrogens with zero attached hydrogens (tertiary/aromatic N) is 3. The van der Waals surface area contributed by atoms with E-state index in [9.17, 15) is 14.9 Å². The first kappa shape index (κ1) is 18.1. The Balaban J connectivity index is 1.95. The number of nitro groups is 1. The molecule has 8 heteroatoms. The van der Waals surface area contributed by atoms with Gasteiger partial charge < -0.3 is 10.1 Å². The van der Waals surface area contributed by atoms with Crippen molar-refractivity contribution in [3.8, 4) is 11.4 Å². The summed E-state index contributed by atoms with van der Waals surface area (Å²) in [6.45, 7) is 3.55. The molecular weight excluding hydrogens is 348 g/mol. The fourth-order valence-corrected chi connectivity index (χ4v) is 2.86. The van der Waals surface area contributed by atoms with Crippen LogP contribution in [0.25, 0.3) is 5.69 Å². The summed E-state index contributed by atoms with van der Waals surface area (Å²) < 4.78 is 6.76. The molecule has 27 heavy (non-hydrogen) atoms. The predicted octanol–water partition coefficient (Wildman–Crippen LogP) is 3.66. The number of anilines is 1. The molecule has 0 aliphatic heterocycles. The predicted molar refractivity (Wildman–Crippen MR) is 101 cm³/mol. The second-order valence-corrected chi connectivity index (χ2v) is 5.92. The number of rotatable bonds is 5. The van der Waals surface area contributed by atoms with Gasteiger partial charge in [0.2, 0.25) is 0 Å². The molecule has 0 spiro atoms. The number of ether oxygens (including phenoxy) is 1. The van der Waals surface area contributed by atoms with Crippen molar-refractivity contribution in [1.29, 1.82) is 0 Å². The van der Waals surface area contributed by atoms with E-state index in [1.54, 1.807) is 18.5 Å². The molecule has 0 atom stereocenters. The first-order chi connectivity index (χ1) is 12.9. The number of non-ortho nitro benzene ring substituents is 1. The molecule has 0 fully saturated rings. The summed E-state index contributed by atoms with van der Waals surface area (Å²) in [7, 11) is 1.41. The van der Waals surface area contributed by atoms with Crippen molar-refractivity contribution in [2.45, 2.75) is 13.8 Å². The molecule has 138 valence electrons. The molecule has 1 aromatic heterocycles.